The molecular weight excluding hydrogens is 390 g/mol. The average molecular weight is 411 g/mol. The van der Waals surface area contributed by atoms with Gasteiger partial charge in [-0.2, -0.15) is 10.2 Å². The summed E-state index contributed by atoms with van der Waals surface area (Å²) in [5.41, 5.74) is 6.98. The van der Waals surface area contributed by atoms with Crippen LogP contribution in [-0.4, -0.2) is 41.8 Å². The molecule has 0 aliphatic rings. The van der Waals surface area contributed by atoms with Gasteiger partial charge in [0.15, 0.2) is 5.65 Å². The molecule has 0 amide bonds. The molecule has 3 aromatic heterocycles. The lowest BCUT2D eigenvalue weighted by molar-refractivity contribution is 0.301. The van der Waals surface area contributed by atoms with E-state index in [1.807, 2.05) is 48.9 Å². The second-order valence-corrected chi connectivity index (χ2v) is 7.19. The van der Waals surface area contributed by atoms with Crippen LogP contribution in [0.1, 0.15) is 18.1 Å². The Kier molecular flexibility index (Phi) is 4.87. The maximum absolute atomic E-state index is 5.79. The number of imidazole rings is 1. The van der Waals surface area contributed by atoms with Gasteiger partial charge in [0.05, 0.1) is 13.2 Å². The quantitative estimate of drug-likeness (QED) is 0.453. The van der Waals surface area contributed by atoms with Crippen molar-refractivity contribution in [2.45, 2.75) is 20.4 Å². The number of H-pyrrole nitrogens is 1. The smallest absolute Gasteiger partial charge is 0.298 e. The number of aromatic nitrogens is 7. The van der Waals surface area contributed by atoms with Gasteiger partial charge in [0.2, 0.25) is 5.82 Å². The van der Waals surface area contributed by atoms with Crippen molar-refractivity contribution in [3.8, 4) is 28.5 Å². The van der Waals surface area contributed by atoms with Crippen molar-refractivity contribution < 1.29 is 4.74 Å². The number of hydrogen-bond acceptors (Lipinski definition) is 6. The molecule has 0 unspecified atom stereocenters. The Bertz CT molecular complexity index is 1320. The van der Waals surface area contributed by atoms with Crippen molar-refractivity contribution in [2.24, 2.45) is 0 Å². The number of pyridine rings is 1. The molecule has 3 heterocycles. The predicted molar refractivity (Wildman–Crippen MR) is 118 cm³/mol. The number of ether oxygens (including phenoxy) is 1. The minimum absolute atomic E-state index is 0.550. The van der Waals surface area contributed by atoms with E-state index in [1.165, 1.54) is 0 Å². The summed E-state index contributed by atoms with van der Waals surface area (Å²) in [5.74, 6) is 0.576. The van der Waals surface area contributed by atoms with E-state index in [0.717, 1.165) is 39.0 Å². The fourth-order valence-electron chi connectivity index (χ4n) is 3.68. The van der Waals surface area contributed by atoms with Gasteiger partial charge in [0, 0.05) is 11.8 Å². The van der Waals surface area contributed by atoms with E-state index in [-0.39, 0.29) is 0 Å². The number of tetrazole rings is 1. The number of fused-ring (bicyclic) bond motifs is 1. The monoisotopic (exact) mass is 411 g/mol. The van der Waals surface area contributed by atoms with Gasteiger partial charge in [-0.05, 0) is 47.4 Å². The van der Waals surface area contributed by atoms with Crippen molar-refractivity contribution in [2.75, 3.05) is 6.61 Å². The first kappa shape index (κ1) is 18.9. The maximum atomic E-state index is 5.79. The van der Waals surface area contributed by atoms with E-state index in [4.69, 9.17) is 4.74 Å². The molecule has 2 aromatic carbocycles. The summed E-state index contributed by atoms with van der Waals surface area (Å²) in [7, 11) is 0. The highest BCUT2D eigenvalue weighted by Crippen LogP contribution is 2.30. The molecule has 5 rings (SSSR count). The fourth-order valence-corrected chi connectivity index (χ4v) is 3.68. The Labute approximate surface area is 178 Å². The van der Waals surface area contributed by atoms with Gasteiger partial charge in [-0.15, -0.1) is 10.2 Å². The van der Waals surface area contributed by atoms with E-state index < -0.39 is 0 Å². The van der Waals surface area contributed by atoms with Crippen molar-refractivity contribution >= 4 is 11.2 Å². The lowest BCUT2D eigenvalue weighted by Crippen LogP contribution is -2.05. The Morgan fingerprint density at radius 2 is 1.81 bits per heavy atom. The normalized spacial score (nSPS) is 11.2. The van der Waals surface area contributed by atoms with Crippen LogP contribution in [-0.2, 0) is 6.54 Å². The van der Waals surface area contributed by atoms with Crippen LogP contribution < -0.4 is 4.74 Å². The average Bonchev–Trinajstić information content (AvgIpc) is 3.45. The van der Waals surface area contributed by atoms with Gasteiger partial charge in [0.25, 0.3) is 6.01 Å². The lowest BCUT2D eigenvalue weighted by Gasteiger charge is -2.10. The van der Waals surface area contributed by atoms with Gasteiger partial charge >= 0.3 is 0 Å². The number of aryl methyl sites for hydroxylation is 1. The third-order valence-electron chi connectivity index (χ3n) is 5.19. The van der Waals surface area contributed by atoms with Crippen LogP contribution in [0.5, 0.6) is 6.01 Å². The maximum Gasteiger partial charge on any atom is 0.298 e. The summed E-state index contributed by atoms with van der Waals surface area (Å²) in [6, 6.07) is 19.0. The van der Waals surface area contributed by atoms with Crippen LogP contribution in [0, 0.1) is 6.92 Å². The Morgan fingerprint density at radius 3 is 2.55 bits per heavy atom. The number of rotatable bonds is 6. The summed E-state index contributed by atoms with van der Waals surface area (Å²) >= 11 is 0. The van der Waals surface area contributed by atoms with Crippen molar-refractivity contribution in [1.82, 2.24) is 35.2 Å². The van der Waals surface area contributed by atoms with E-state index in [9.17, 15) is 0 Å². The van der Waals surface area contributed by atoms with Crippen LogP contribution >= 0.6 is 0 Å². The zero-order valence-corrected chi connectivity index (χ0v) is 17.3. The second-order valence-electron chi connectivity index (χ2n) is 7.19. The molecule has 0 radical (unpaired) electrons. The van der Waals surface area contributed by atoms with Gasteiger partial charge in [-0.3, -0.25) is 4.57 Å². The molecule has 8 heteroatoms. The molecule has 0 atom stereocenters. The highest BCUT2D eigenvalue weighted by Gasteiger charge is 2.15. The van der Waals surface area contributed by atoms with Crippen molar-refractivity contribution in [3.63, 3.8) is 0 Å². The van der Waals surface area contributed by atoms with Gasteiger partial charge in [0.1, 0.15) is 5.52 Å². The molecule has 0 aliphatic heterocycles. The predicted octanol–water partition coefficient (Wildman–Crippen LogP) is 4.03. The van der Waals surface area contributed by atoms with Crippen LogP contribution in [0.25, 0.3) is 33.7 Å². The third-order valence-corrected chi connectivity index (χ3v) is 5.19. The minimum atomic E-state index is 0.550. The largest absolute Gasteiger partial charge is 0.465 e. The summed E-state index contributed by atoms with van der Waals surface area (Å²) in [6.07, 6.45) is 1.81. The first-order valence-electron chi connectivity index (χ1n) is 10.1. The highest BCUT2D eigenvalue weighted by molar-refractivity contribution is 5.80. The number of aromatic amines is 1. The van der Waals surface area contributed by atoms with Gasteiger partial charge in [-0.1, -0.05) is 48.5 Å². The topological polar surface area (TPSA) is 94.4 Å². The second kappa shape index (κ2) is 7.98. The Morgan fingerprint density at radius 1 is 1.00 bits per heavy atom. The fraction of sp³-hybridized carbons (Fsp3) is 0.174. The first-order valence-corrected chi connectivity index (χ1v) is 10.1. The molecule has 0 spiro atoms. The molecule has 0 fully saturated rings. The lowest BCUT2D eigenvalue weighted by atomic mass is 9.98. The Hall–Kier alpha value is -4.07. The summed E-state index contributed by atoms with van der Waals surface area (Å²) in [5, 5.41) is 14.4. The summed E-state index contributed by atoms with van der Waals surface area (Å²) in [6.45, 7) is 5.16. The number of benzene rings is 2. The molecule has 8 nitrogen and oxygen atoms in total. The molecule has 0 aliphatic carbocycles. The zero-order chi connectivity index (χ0) is 21.2. The molecule has 31 heavy (non-hydrogen) atoms. The standard InChI is InChI=1S/C23H21N7O/c1-3-31-23-25-20-15(2)12-13-24-22(20)30(23)14-16-8-10-17(11-9-16)18-6-4-5-7-19(18)21-26-28-29-27-21/h4-13H,3,14H2,1-2H3,(H,26,27,28,29). The molecule has 0 bridgehead atoms. The number of hydrogen-bond donors (Lipinski definition) is 1. The van der Waals surface area contributed by atoms with Crippen LogP contribution in [0.15, 0.2) is 60.8 Å². The van der Waals surface area contributed by atoms with Gasteiger partial charge < -0.3 is 4.74 Å². The van der Waals surface area contributed by atoms with Crippen LogP contribution in [0.4, 0.5) is 0 Å². The number of nitrogens with zero attached hydrogens (tertiary/aromatic N) is 6. The first-order chi connectivity index (χ1) is 15.2. The van der Waals surface area contributed by atoms with Crippen molar-refractivity contribution in [1.29, 1.82) is 0 Å². The molecule has 154 valence electrons. The SMILES string of the molecule is CCOc1nc2c(C)ccnc2n1Cc1ccc(-c2ccccc2-c2nn[nH]n2)cc1. The molecule has 5 aromatic rings. The molecule has 1 N–H and O–H groups in total. The third kappa shape index (κ3) is 3.52. The number of nitrogens with one attached hydrogen (secondary N) is 1. The van der Waals surface area contributed by atoms with Gasteiger partial charge in [-0.25, -0.2) is 4.98 Å². The highest BCUT2D eigenvalue weighted by atomic mass is 16.5. The molecular formula is C23H21N7O. The van der Waals surface area contributed by atoms with Crippen molar-refractivity contribution in [3.05, 3.63) is 71.9 Å². The molecule has 0 saturated carbocycles. The van der Waals surface area contributed by atoms with E-state index >= 15 is 0 Å². The summed E-state index contributed by atoms with van der Waals surface area (Å²) in [4.78, 5) is 9.20. The zero-order valence-electron chi connectivity index (χ0n) is 17.3. The van der Waals surface area contributed by atoms with Crippen LogP contribution in [0.2, 0.25) is 0 Å². The van der Waals surface area contributed by atoms with E-state index in [2.05, 4.69) is 60.9 Å². The summed E-state index contributed by atoms with van der Waals surface area (Å²) < 4.78 is 7.81. The van der Waals surface area contributed by atoms with E-state index in [0.29, 0.717) is 25.0 Å². The molecule has 0 saturated heterocycles. The van der Waals surface area contributed by atoms with E-state index in [1.54, 1.807) is 0 Å². The van der Waals surface area contributed by atoms with Crippen LogP contribution in [0.3, 0.4) is 0 Å². The minimum Gasteiger partial charge on any atom is -0.465 e. The Balaban J connectivity index is 1.49.